The first-order valence-electron chi connectivity index (χ1n) is 7.14. The molecular formula is C18H17ClN2O2. The molecule has 2 N–H and O–H groups in total. The highest BCUT2D eigenvalue weighted by Crippen LogP contribution is 2.14. The Hall–Kier alpha value is -2.59. The van der Waals surface area contributed by atoms with E-state index in [4.69, 9.17) is 11.6 Å². The lowest BCUT2D eigenvalue weighted by Crippen LogP contribution is -2.23. The molecule has 0 bridgehead atoms. The van der Waals surface area contributed by atoms with Crippen LogP contribution in [0, 0.1) is 0 Å². The van der Waals surface area contributed by atoms with E-state index in [0.29, 0.717) is 29.2 Å². The van der Waals surface area contributed by atoms with E-state index < -0.39 is 0 Å². The van der Waals surface area contributed by atoms with Gasteiger partial charge in [0.05, 0.1) is 0 Å². The van der Waals surface area contributed by atoms with Crippen LogP contribution in [-0.4, -0.2) is 18.4 Å². The summed E-state index contributed by atoms with van der Waals surface area (Å²) in [6, 6.07) is 14.2. The van der Waals surface area contributed by atoms with Crippen molar-refractivity contribution in [2.45, 2.75) is 6.42 Å². The monoisotopic (exact) mass is 328 g/mol. The number of amides is 2. The zero-order valence-electron chi connectivity index (χ0n) is 12.5. The van der Waals surface area contributed by atoms with Crippen LogP contribution in [0.25, 0.3) is 0 Å². The molecule has 0 saturated carbocycles. The van der Waals surface area contributed by atoms with Crippen molar-refractivity contribution in [3.05, 3.63) is 77.3 Å². The summed E-state index contributed by atoms with van der Waals surface area (Å²) in [5.74, 6) is -0.372. The fourth-order valence-corrected chi connectivity index (χ4v) is 2.09. The van der Waals surface area contributed by atoms with Gasteiger partial charge < -0.3 is 10.6 Å². The molecule has 0 spiro atoms. The van der Waals surface area contributed by atoms with Crippen molar-refractivity contribution in [1.82, 2.24) is 5.32 Å². The minimum Gasteiger partial charge on any atom is -0.352 e. The molecule has 0 radical (unpaired) electrons. The average Bonchev–Trinajstić information content (AvgIpc) is 2.57. The van der Waals surface area contributed by atoms with E-state index in [0.717, 1.165) is 5.56 Å². The van der Waals surface area contributed by atoms with Gasteiger partial charge in [-0.1, -0.05) is 30.3 Å². The first kappa shape index (κ1) is 16.8. The molecule has 118 valence electrons. The average molecular weight is 329 g/mol. The summed E-state index contributed by atoms with van der Waals surface area (Å²) in [6.45, 7) is 3.92. The minimum absolute atomic E-state index is 0.182. The summed E-state index contributed by atoms with van der Waals surface area (Å²) in [5, 5.41) is 6.13. The molecule has 0 aliphatic rings. The third kappa shape index (κ3) is 5.27. The Labute approximate surface area is 140 Å². The van der Waals surface area contributed by atoms with Crippen molar-refractivity contribution < 1.29 is 9.59 Å². The van der Waals surface area contributed by atoms with Gasteiger partial charge in [-0.15, -0.1) is 0 Å². The quantitative estimate of drug-likeness (QED) is 0.798. The second-order valence-electron chi connectivity index (χ2n) is 4.90. The molecule has 0 heterocycles. The number of anilines is 1. The van der Waals surface area contributed by atoms with E-state index in [1.165, 1.54) is 6.08 Å². The molecule has 0 saturated heterocycles. The van der Waals surface area contributed by atoms with Crippen LogP contribution in [-0.2, 0) is 11.2 Å². The predicted octanol–water partition coefficient (Wildman–Crippen LogP) is 3.44. The van der Waals surface area contributed by atoms with Gasteiger partial charge in [-0.3, -0.25) is 9.59 Å². The van der Waals surface area contributed by atoms with E-state index in [1.54, 1.807) is 36.4 Å². The largest absolute Gasteiger partial charge is 0.352 e. The van der Waals surface area contributed by atoms with E-state index in [1.807, 2.05) is 12.1 Å². The van der Waals surface area contributed by atoms with Crippen LogP contribution in [0.5, 0.6) is 0 Å². The number of rotatable bonds is 6. The van der Waals surface area contributed by atoms with E-state index in [2.05, 4.69) is 17.2 Å². The maximum absolute atomic E-state index is 12.1. The highest BCUT2D eigenvalue weighted by Gasteiger charge is 2.06. The first-order chi connectivity index (χ1) is 11.1. The van der Waals surface area contributed by atoms with Gasteiger partial charge in [0.1, 0.15) is 0 Å². The molecular weight excluding hydrogens is 312 g/mol. The van der Waals surface area contributed by atoms with Crippen molar-refractivity contribution in [2.75, 3.05) is 11.9 Å². The number of benzene rings is 2. The predicted molar refractivity (Wildman–Crippen MR) is 92.8 cm³/mol. The topological polar surface area (TPSA) is 58.2 Å². The molecule has 5 heteroatoms. The first-order valence-corrected chi connectivity index (χ1v) is 7.52. The molecule has 4 nitrogen and oxygen atoms in total. The second-order valence-corrected chi connectivity index (χ2v) is 5.34. The molecule has 0 aromatic heterocycles. The normalized spacial score (nSPS) is 9.96. The number of halogens is 1. The number of hydrogen-bond acceptors (Lipinski definition) is 2. The van der Waals surface area contributed by atoms with Crippen LogP contribution < -0.4 is 10.6 Å². The van der Waals surface area contributed by atoms with Gasteiger partial charge in [0.2, 0.25) is 5.91 Å². The lowest BCUT2D eigenvalue weighted by atomic mass is 10.1. The van der Waals surface area contributed by atoms with Gasteiger partial charge in [0.15, 0.2) is 0 Å². The Kier molecular flexibility index (Phi) is 5.94. The second kappa shape index (κ2) is 8.15. The smallest absolute Gasteiger partial charge is 0.255 e. The third-order valence-electron chi connectivity index (χ3n) is 3.22. The van der Waals surface area contributed by atoms with Gasteiger partial charge in [0.25, 0.3) is 5.91 Å². The minimum atomic E-state index is -0.191. The summed E-state index contributed by atoms with van der Waals surface area (Å²) in [4.78, 5) is 23.2. The molecule has 2 amide bonds. The maximum atomic E-state index is 12.1. The molecule has 2 aromatic carbocycles. The molecule has 0 unspecified atom stereocenters. The number of nitrogens with one attached hydrogen (secondary N) is 2. The van der Waals surface area contributed by atoms with E-state index >= 15 is 0 Å². The van der Waals surface area contributed by atoms with Gasteiger partial charge >= 0.3 is 0 Å². The van der Waals surface area contributed by atoms with Gasteiger partial charge in [-0.25, -0.2) is 0 Å². The molecule has 0 aliphatic carbocycles. The van der Waals surface area contributed by atoms with Crippen LogP contribution in [0.2, 0.25) is 5.02 Å². The lowest BCUT2D eigenvalue weighted by Gasteiger charge is -2.07. The highest BCUT2D eigenvalue weighted by molar-refractivity contribution is 6.30. The van der Waals surface area contributed by atoms with Crippen molar-refractivity contribution in [1.29, 1.82) is 0 Å². The van der Waals surface area contributed by atoms with Gasteiger partial charge in [-0.2, -0.15) is 0 Å². The Morgan fingerprint density at radius 3 is 2.30 bits per heavy atom. The number of hydrogen-bond donors (Lipinski definition) is 2. The summed E-state index contributed by atoms with van der Waals surface area (Å²) < 4.78 is 0. The third-order valence-corrected chi connectivity index (χ3v) is 3.47. The van der Waals surface area contributed by atoms with Crippen LogP contribution in [0.3, 0.4) is 0 Å². The fraction of sp³-hybridized carbons (Fsp3) is 0.111. The Morgan fingerprint density at radius 1 is 1.04 bits per heavy atom. The summed E-state index contributed by atoms with van der Waals surface area (Å²) in [6.07, 6.45) is 1.93. The van der Waals surface area contributed by atoms with Gasteiger partial charge in [-0.05, 0) is 54.5 Å². The van der Waals surface area contributed by atoms with Crippen molar-refractivity contribution in [3.8, 4) is 0 Å². The number of carbonyl (C=O) groups is 2. The van der Waals surface area contributed by atoms with Crippen molar-refractivity contribution >= 4 is 29.1 Å². The van der Waals surface area contributed by atoms with Crippen LogP contribution in [0.15, 0.2) is 61.2 Å². The summed E-state index contributed by atoms with van der Waals surface area (Å²) in [5.41, 5.74) is 2.30. The molecule has 0 atom stereocenters. The standard InChI is InChI=1S/C18H17ClN2O2/c1-2-17(22)20-12-11-13-3-5-14(6-4-13)18(23)21-16-9-7-15(19)8-10-16/h2-10H,1,11-12H2,(H,20,22)(H,21,23). The lowest BCUT2D eigenvalue weighted by molar-refractivity contribution is -0.116. The molecule has 0 fully saturated rings. The Morgan fingerprint density at radius 2 is 1.70 bits per heavy atom. The molecule has 0 aliphatic heterocycles. The van der Waals surface area contributed by atoms with E-state index in [-0.39, 0.29) is 11.8 Å². The fourth-order valence-electron chi connectivity index (χ4n) is 1.96. The molecule has 23 heavy (non-hydrogen) atoms. The molecule has 2 rings (SSSR count). The van der Waals surface area contributed by atoms with Crippen molar-refractivity contribution in [2.24, 2.45) is 0 Å². The summed E-state index contributed by atoms with van der Waals surface area (Å²) >= 11 is 5.81. The van der Waals surface area contributed by atoms with Gasteiger partial charge in [0, 0.05) is 22.8 Å². The number of carbonyl (C=O) groups excluding carboxylic acids is 2. The van der Waals surface area contributed by atoms with E-state index in [9.17, 15) is 9.59 Å². The maximum Gasteiger partial charge on any atom is 0.255 e. The van der Waals surface area contributed by atoms with Crippen molar-refractivity contribution in [3.63, 3.8) is 0 Å². The Bertz CT molecular complexity index is 694. The highest BCUT2D eigenvalue weighted by atomic mass is 35.5. The Balaban J connectivity index is 1.90. The van der Waals surface area contributed by atoms with Crippen LogP contribution >= 0.6 is 11.6 Å². The summed E-state index contributed by atoms with van der Waals surface area (Å²) in [7, 11) is 0. The zero-order chi connectivity index (χ0) is 16.7. The van der Waals surface area contributed by atoms with Crippen LogP contribution in [0.1, 0.15) is 15.9 Å². The van der Waals surface area contributed by atoms with Crippen LogP contribution in [0.4, 0.5) is 5.69 Å². The SMILES string of the molecule is C=CC(=O)NCCc1ccc(C(=O)Nc2ccc(Cl)cc2)cc1. The molecule has 2 aromatic rings. The zero-order valence-corrected chi connectivity index (χ0v) is 13.3.